The lowest BCUT2D eigenvalue weighted by molar-refractivity contribution is -0.440. The zero-order valence-corrected chi connectivity index (χ0v) is 10.1. The van der Waals surface area contributed by atoms with Crippen molar-refractivity contribution in [2.24, 2.45) is 0 Å². The molecule has 0 fully saturated rings. The third kappa shape index (κ3) is 3.91. The molecule has 2 rings (SSSR count). The van der Waals surface area contributed by atoms with Gasteiger partial charge in [-0.2, -0.15) is 0 Å². The van der Waals surface area contributed by atoms with E-state index in [2.05, 4.69) is 0 Å². The monoisotopic (exact) mass is 237 g/mol. The summed E-state index contributed by atoms with van der Waals surface area (Å²) < 4.78 is 0.925. The maximum Gasteiger partial charge on any atom is 0.182 e. The lowest BCUT2D eigenvalue weighted by atomic mass is 10.2. The van der Waals surface area contributed by atoms with E-state index in [0.717, 1.165) is 15.9 Å². The molecule has 0 unspecified atom stereocenters. The predicted octanol–water partition coefficient (Wildman–Crippen LogP) is 3.33. The molecule has 0 heterocycles. The lowest BCUT2D eigenvalue weighted by Gasteiger charge is -2.00. The van der Waals surface area contributed by atoms with Gasteiger partial charge in [0, 0.05) is 5.56 Å². The van der Waals surface area contributed by atoms with Gasteiger partial charge in [-0.25, -0.2) is 4.74 Å². The van der Waals surface area contributed by atoms with Crippen LogP contribution in [0.15, 0.2) is 66.7 Å². The Morgan fingerprint density at radius 2 is 1.39 bits per heavy atom. The minimum atomic E-state index is 0.351. The van der Waals surface area contributed by atoms with Crippen LogP contribution in [0.3, 0.4) is 0 Å². The zero-order valence-electron chi connectivity index (χ0n) is 10.1. The normalized spacial score (nSPS) is 11.9. The van der Waals surface area contributed by atoms with Crippen molar-refractivity contribution >= 4 is 12.3 Å². The van der Waals surface area contributed by atoms with Gasteiger partial charge < -0.3 is 5.21 Å². The number of hydrogen-bond acceptors (Lipinski definition) is 1. The van der Waals surface area contributed by atoms with Crippen LogP contribution in [0.4, 0.5) is 0 Å². The Hall–Kier alpha value is -2.35. The first-order valence-corrected chi connectivity index (χ1v) is 5.90. The summed E-state index contributed by atoms with van der Waals surface area (Å²) in [5.41, 5.74) is 2.02. The second-order valence-electron chi connectivity index (χ2n) is 3.95. The van der Waals surface area contributed by atoms with Gasteiger partial charge in [0.1, 0.15) is 0 Å². The molecule has 18 heavy (non-hydrogen) atoms. The maximum atomic E-state index is 11.6. The fraction of sp³-hybridized carbons (Fsp3) is 0.0625. The summed E-state index contributed by atoms with van der Waals surface area (Å²) in [4.78, 5) is 0. The van der Waals surface area contributed by atoms with Gasteiger partial charge in [-0.1, -0.05) is 54.6 Å². The first-order chi connectivity index (χ1) is 8.84. The molecule has 0 bridgehead atoms. The van der Waals surface area contributed by atoms with Gasteiger partial charge >= 0.3 is 0 Å². The second-order valence-corrected chi connectivity index (χ2v) is 3.95. The summed E-state index contributed by atoms with van der Waals surface area (Å²) in [6.07, 6.45) is 5.40. The third-order valence-electron chi connectivity index (χ3n) is 2.49. The molecule has 0 N–H and O–H groups in total. The molecule has 0 aromatic heterocycles. The standard InChI is InChI=1S/C16H15NO/c18-17(14-16-10-5-2-6-11-16)13-7-12-15-8-3-1-4-9-15/h1-12,14H,13H2/b12-7+,17-14?. The molecule has 0 aliphatic heterocycles. The average molecular weight is 237 g/mol. The highest BCUT2D eigenvalue weighted by Gasteiger charge is 1.92. The van der Waals surface area contributed by atoms with Gasteiger partial charge in [-0.05, 0) is 23.8 Å². The maximum absolute atomic E-state index is 11.6. The van der Waals surface area contributed by atoms with Crippen molar-refractivity contribution in [2.75, 3.05) is 6.54 Å². The molecule has 0 amide bonds. The highest BCUT2D eigenvalue weighted by Crippen LogP contribution is 2.00. The molecule has 0 saturated carbocycles. The Labute approximate surface area is 107 Å². The number of hydroxylamine groups is 1. The van der Waals surface area contributed by atoms with Gasteiger partial charge in [-0.3, -0.25) is 0 Å². The van der Waals surface area contributed by atoms with E-state index >= 15 is 0 Å². The minimum Gasteiger partial charge on any atom is -0.624 e. The number of hydrogen-bond donors (Lipinski definition) is 0. The Kier molecular flexibility index (Phi) is 4.31. The van der Waals surface area contributed by atoms with Crippen molar-refractivity contribution in [3.8, 4) is 0 Å². The van der Waals surface area contributed by atoms with E-state index in [9.17, 15) is 5.21 Å². The summed E-state index contributed by atoms with van der Waals surface area (Å²) in [6.45, 7) is 0.351. The number of rotatable bonds is 4. The van der Waals surface area contributed by atoms with Crippen molar-refractivity contribution < 1.29 is 4.74 Å². The van der Waals surface area contributed by atoms with Crippen molar-refractivity contribution in [1.82, 2.24) is 0 Å². The molecule has 90 valence electrons. The SMILES string of the molecule is [O-][N+](=Cc1ccccc1)C/C=C/c1ccccc1. The van der Waals surface area contributed by atoms with E-state index in [1.807, 2.05) is 72.8 Å². The van der Waals surface area contributed by atoms with Crippen LogP contribution < -0.4 is 0 Å². The molecular formula is C16H15NO. The molecule has 2 heteroatoms. The zero-order chi connectivity index (χ0) is 12.6. The summed E-state index contributed by atoms with van der Waals surface area (Å²) in [5, 5.41) is 11.6. The van der Waals surface area contributed by atoms with Gasteiger partial charge in [0.15, 0.2) is 12.8 Å². The Balaban J connectivity index is 1.94. The minimum absolute atomic E-state index is 0.351. The van der Waals surface area contributed by atoms with Crippen LogP contribution in [0.25, 0.3) is 6.08 Å². The molecule has 2 aromatic rings. The molecule has 2 nitrogen and oxygen atoms in total. The smallest absolute Gasteiger partial charge is 0.182 e. The first kappa shape index (κ1) is 12.1. The summed E-state index contributed by atoms with van der Waals surface area (Å²) in [7, 11) is 0. The van der Waals surface area contributed by atoms with Gasteiger partial charge in [-0.15, -0.1) is 0 Å². The first-order valence-electron chi connectivity index (χ1n) is 5.90. The van der Waals surface area contributed by atoms with E-state index in [1.54, 1.807) is 6.21 Å². The largest absolute Gasteiger partial charge is 0.624 e. The van der Waals surface area contributed by atoms with Crippen LogP contribution in [0, 0.1) is 5.21 Å². The molecule has 0 spiro atoms. The topological polar surface area (TPSA) is 26.1 Å². The summed E-state index contributed by atoms with van der Waals surface area (Å²) in [5.74, 6) is 0. The van der Waals surface area contributed by atoms with Crippen molar-refractivity contribution in [1.29, 1.82) is 0 Å². The van der Waals surface area contributed by atoms with E-state index < -0.39 is 0 Å². The van der Waals surface area contributed by atoms with E-state index in [4.69, 9.17) is 0 Å². The fourth-order valence-electron chi connectivity index (χ4n) is 1.61. The predicted molar refractivity (Wildman–Crippen MR) is 75.6 cm³/mol. The molecule has 0 saturated heterocycles. The number of benzene rings is 2. The van der Waals surface area contributed by atoms with Crippen molar-refractivity contribution in [3.05, 3.63) is 83.1 Å². The summed E-state index contributed by atoms with van der Waals surface area (Å²) >= 11 is 0. The van der Waals surface area contributed by atoms with Crippen LogP contribution in [0.1, 0.15) is 11.1 Å². The molecule has 0 aliphatic rings. The van der Waals surface area contributed by atoms with Gasteiger partial charge in [0.05, 0.1) is 0 Å². The van der Waals surface area contributed by atoms with Crippen LogP contribution in [0.2, 0.25) is 0 Å². The van der Waals surface area contributed by atoms with E-state index in [-0.39, 0.29) is 0 Å². The highest BCUT2D eigenvalue weighted by molar-refractivity contribution is 5.75. The quantitative estimate of drug-likeness (QED) is 0.346. The van der Waals surface area contributed by atoms with Crippen LogP contribution in [-0.4, -0.2) is 17.5 Å². The average Bonchev–Trinajstić information content (AvgIpc) is 2.41. The summed E-state index contributed by atoms with van der Waals surface area (Å²) in [6, 6.07) is 19.5. The van der Waals surface area contributed by atoms with Crippen molar-refractivity contribution in [2.45, 2.75) is 0 Å². The molecular weight excluding hydrogens is 222 g/mol. The number of nitrogens with zero attached hydrogens (tertiary/aromatic N) is 1. The molecule has 2 aromatic carbocycles. The Bertz CT molecular complexity index is 530. The van der Waals surface area contributed by atoms with Crippen LogP contribution >= 0.6 is 0 Å². The molecule has 0 atom stereocenters. The third-order valence-corrected chi connectivity index (χ3v) is 2.49. The molecule has 0 radical (unpaired) electrons. The Morgan fingerprint density at radius 3 is 2.00 bits per heavy atom. The van der Waals surface area contributed by atoms with Gasteiger partial charge in [0.25, 0.3) is 0 Å². The highest BCUT2D eigenvalue weighted by atomic mass is 16.5. The van der Waals surface area contributed by atoms with E-state index in [1.165, 1.54) is 0 Å². The van der Waals surface area contributed by atoms with Crippen LogP contribution in [-0.2, 0) is 0 Å². The lowest BCUT2D eigenvalue weighted by Crippen LogP contribution is -2.05. The molecule has 0 aliphatic carbocycles. The van der Waals surface area contributed by atoms with E-state index in [0.29, 0.717) is 6.54 Å². The van der Waals surface area contributed by atoms with Gasteiger partial charge in [0.2, 0.25) is 0 Å². The van der Waals surface area contributed by atoms with Crippen molar-refractivity contribution in [3.63, 3.8) is 0 Å². The Morgan fingerprint density at radius 1 is 0.833 bits per heavy atom. The fourth-order valence-corrected chi connectivity index (χ4v) is 1.61. The van der Waals surface area contributed by atoms with Crippen LogP contribution in [0.5, 0.6) is 0 Å². The second kappa shape index (κ2) is 6.40.